The predicted octanol–water partition coefficient (Wildman–Crippen LogP) is 2.29. The highest BCUT2D eigenvalue weighted by molar-refractivity contribution is 6.02. The SMILES string of the molecule is CC.O=C(O)/C=C/C(=O)Nc1ccccc1. The van der Waals surface area contributed by atoms with Crippen LogP contribution in [0, 0.1) is 0 Å². The van der Waals surface area contributed by atoms with E-state index < -0.39 is 11.9 Å². The number of para-hydroxylation sites is 1. The smallest absolute Gasteiger partial charge is 0.328 e. The summed E-state index contributed by atoms with van der Waals surface area (Å²) in [7, 11) is 0. The van der Waals surface area contributed by atoms with Gasteiger partial charge >= 0.3 is 5.97 Å². The van der Waals surface area contributed by atoms with E-state index in [0.717, 1.165) is 12.2 Å². The number of hydrogen-bond acceptors (Lipinski definition) is 2. The van der Waals surface area contributed by atoms with Gasteiger partial charge in [-0.05, 0) is 12.1 Å². The molecule has 0 atom stereocenters. The van der Waals surface area contributed by atoms with Crippen molar-refractivity contribution in [2.45, 2.75) is 13.8 Å². The van der Waals surface area contributed by atoms with Crippen molar-refractivity contribution in [1.82, 2.24) is 0 Å². The van der Waals surface area contributed by atoms with Crippen molar-refractivity contribution in [2.24, 2.45) is 0 Å². The summed E-state index contributed by atoms with van der Waals surface area (Å²) in [5, 5.41) is 10.8. The number of carbonyl (C=O) groups excluding carboxylic acids is 1. The molecule has 1 aromatic carbocycles. The van der Waals surface area contributed by atoms with Gasteiger partial charge in [-0.2, -0.15) is 0 Å². The molecule has 4 nitrogen and oxygen atoms in total. The molecule has 4 heteroatoms. The fourth-order valence-electron chi connectivity index (χ4n) is 0.852. The van der Waals surface area contributed by atoms with E-state index >= 15 is 0 Å². The second kappa shape index (κ2) is 8.23. The standard InChI is InChI=1S/C10H9NO3.C2H6/c12-9(6-7-10(13)14)11-8-4-2-1-3-5-8;1-2/h1-7H,(H,11,12)(H,13,14);1-2H3/b7-6+;. The van der Waals surface area contributed by atoms with Crippen molar-refractivity contribution in [2.75, 3.05) is 5.32 Å². The van der Waals surface area contributed by atoms with Gasteiger partial charge in [0.2, 0.25) is 5.91 Å². The molecule has 0 aliphatic carbocycles. The molecule has 0 spiro atoms. The molecule has 0 heterocycles. The van der Waals surface area contributed by atoms with Crippen LogP contribution >= 0.6 is 0 Å². The normalized spacial score (nSPS) is 9.12. The van der Waals surface area contributed by atoms with E-state index in [-0.39, 0.29) is 0 Å². The van der Waals surface area contributed by atoms with Crippen LogP contribution in [0.15, 0.2) is 42.5 Å². The number of anilines is 1. The Labute approximate surface area is 94.6 Å². The highest BCUT2D eigenvalue weighted by Crippen LogP contribution is 2.04. The Morgan fingerprint density at radius 2 is 1.69 bits per heavy atom. The van der Waals surface area contributed by atoms with Crippen LogP contribution in [0.3, 0.4) is 0 Å². The lowest BCUT2D eigenvalue weighted by molar-refractivity contribution is -0.131. The van der Waals surface area contributed by atoms with Crippen LogP contribution in [-0.4, -0.2) is 17.0 Å². The van der Waals surface area contributed by atoms with Gasteiger partial charge in [0.1, 0.15) is 0 Å². The summed E-state index contributed by atoms with van der Waals surface area (Å²) in [5.41, 5.74) is 0.632. The Balaban J connectivity index is 0.00000106. The average molecular weight is 221 g/mol. The van der Waals surface area contributed by atoms with Crippen molar-refractivity contribution in [3.05, 3.63) is 42.5 Å². The number of carboxylic acid groups (broad SMARTS) is 1. The molecule has 0 aliphatic heterocycles. The van der Waals surface area contributed by atoms with Gasteiger partial charge in [0.15, 0.2) is 0 Å². The zero-order valence-corrected chi connectivity index (χ0v) is 9.31. The first-order valence-electron chi connectivity index (χ1n) is 4.95. The lowest BCUT2D eigenvalue weighted by atomic mass is 10.3. The molecule has 0 bridgehead atoms. The molecular weight excluding hydrogens is 206 g/mol. The maximum absolute atomic E-state index is 11.1. The van der Waals surface area contributed by atoms with Crippen LogP contribution in [0.25, 0.3) is 0 Å². The number of rotatable bonds is 3. The van der Waals surface area contributed by atoms with E-state index in [4.69, 9.17) is 5.11 Å². The van der Waals surface area contributed by atoms with Gasteiger partial charge in [0.05, 0.1) is 0 Å². The molecule has 0 aliphatic rings. The van der Waals surface area contributed by atoms with Crippen LogP contribution in [0.5, 0.6) is 0 Å². The number of aliphatic carboxylic acids is 1. The fraction of sp³-hybridized carbons (Fsp3) is 0.167. The number of benzene rings is 1. The summed E-state index contributed by atoms with van der Waals surface area (Å²) in [6.45, 7) is 4.00. The van der Waals surface area contributed by atoms with E-state index in [2.05, 4.69) is 5.32 Å². The third kappa shape index (κ3) is 6.37. The molecule has 1 rings (SSSR count). The molecule has 86 valence electrons. The van der Waals surface area contributed by atoms with Crippen molar-refractivity contribution in [3.63, 3.8) is 0 Å². The predicted molar refractivity (Wildman–Crippen MR) is 63.2 cm³/mol. The summed E-state index contributed by atoms with van der Waals surface area (Å²) in [6, 6.07) is 8.80. The van der Waals surface area contributed by atoms with Crippen molar-refractivity contribution >= 4 is 17.6 Å². The van der Waals surface area contributed by atoms with Gasteiger partial charge in [0.25, 0.3) is 0 Å². The Kier molecular flexibility index (Phi) is 7.15. The topological polar surface area (TPSA) is 66.4 Å². The highest BCUT2D eigenvalue weighted by Gasteiger charge is 1.96. The van der Waals surface area contributed by atoms with Gasteiger partial charge in [-0.3, -0.25) is 4.79 Å². The quantitative estimate of drug-likeness (QED) is 0.769. The van der Waals surface area contributed by atoms with Crippen molar-refractivity contribution < 1.29 is 14.7 Å². The van der Waals surface area contributed by atoms with Gasteiger partial charge in [-0.25, -0.2) is 4.79 Å². The zero-order valence-electron chi connectivity index (χ0n) is 9.31. The highest BCUT2D eigenvalue weighted by atomic mass is 16.4. The lowest BCUT2D eigenvalue weighted by Crippen LogP contribution is -2.08. The van der Waals surface area contributed by atoms with Crippen molar-refractivity contribution in [3.8, 4) is 0 Å². The van der Waals surface area contributed by atoms with Gasteiger partial charge < -0.3 is 10.4 Å². The minimum atomic E-state index is -1.15. The lowest BCUT2D eigenvalue weighted by Gasteiger charge is -1.99. The first-order chi connectivity index (χ1) is 7.68. The zero-order chi connectivity index (χ0) is 12.4. The van der Waals surface area contributed by atoms with Crippen LogP contribution < -0.4 is 5.32 Å². The Hall–Kier alpha value is -2.10. The maximum Gasteiger partial charge on any atom is 0.328 e. The van der Waals surface area contributed by atoms with E-state index in [1.54, 1.807) is 24.3 Å². The molecule has 0 radical (unpaired) electrons. The third-order valence-electron chi connectivity index (χ3n) is 1.42. The van der Waals surface area contributed by atoms with Crippen molar-refractivity contribution in [1.29, 1.82) is 0 Å². The molecule has 1 amide bonds. The average Bonchev–Trinajstić information content (AvgIpc) is 2.30. The number of amides is 1. The van der Waals surface area contributed by atoms with E-state index in [1.807, 2.05) is 19.9 Å². The van der Waals surface area contributed by atoms with Crippen LogP contribution in [0.2, 0.25) is 0 Å². The maximum atomic E-state index is 11.1. The molecule has 0 saturated heterocycles. The van der Waals surface area contributed by atoms with Crippen LogP contribution in [0.1, 0.15) is 13.8 Å². The number of nitrogens with one attached hydrogen (secondary N) is 1. The van der Waals surface area contributed by atoms with Gasteiger partial charge in [-0.15, -0.1) is 0 Å². The Bertz CT molecular complexity index is 358. The largest absolute Gasteiger partial charge is 0.478 e. The molecule has 2 N–H and O–H groups in total. The Morgan fingerprint density at radius 3 is 2.19 bits per heavy atom. The summed E-state index contributed by atoms with van der Waals surface area (Å²) in [4.78, 5) is 21.1. The minimum absolute atomic E-state index is 0.460. The minimum Gasteiger partial charge on any atom is -0.478 e. The van der Waals surface area contributed by atoms with E-state index in [0.29, 0.717) is 5.69 Å². The number of hydrogen-bond donors (Lipinski definition) is 2. The molecule has 1 aromatic rings. The molecule has 16 heavy (non-hydrogen) atoms. The van der Waals surface area contributed by atoms with Crippen LogP contribution in [-0.2, 0) is 9.59 Å². The first-order valence-corrected chi connectivity index (χ1v) is 4.95. The number of carboxylic acids is 1. The summed E-state index contributed by atoms with van der Waals surface area (Å²) >= 11 is 0. The fourth-order valence-corrected chi connectivity index (χ4v) is 0.852. The molecule has 0 aromatic heterocycles. The second-order valence-electron chi connectivity index (χ2n) is 2.53. The molecule has 0 saturated carbocycles. The third-order valence-corrected chi connectivity index (χ3v) is 1.42. The first kappa shape index (κ1) is 13.9. The summed E-state index contributed by atoms with van der Waals surface area (Å²) in [6.07, 6.45) is 1.76. The number of carbonyl (C=O) groups is 2. The molecule has 0 fully saturated rings. The molecular formula is C12H15NO3. The van der Waals surface area contributed by atoms with Crippen LogP contribution in [0.4, 0.5) is 5.69 Å². The van der Waals surface area contributed by atoms with Gasteiger partial charge in [-0.1, -0.05) is 32.0 Å². The summed E-state index contributed by atoms with van der Waals surface area (Å²) < 4.78 is 0. The van der Waals surface area contributed by atoms with E-state index in [9.17, 15) is 9.59 Å². The summed E-state index contributed by atoms with van der Waals surface area (Å²) in [5.74, 6) is -1.60. The second-order valence-corrected chi connectivity index (χ2v) is 2.53. The van der Waals surface area contributed by atoms with E-state index in [1.165, 1.54) is 0 Å². The Morgan fingerprint density at radius 1 is 1.12 bits per heavy atom. The monoisotopic (exact) mass is 221 g/mol. The van der Waals surface area contributed by atoms with Gasteiger partial charge in [0, 0.05) is 17.8 Å². The molecule has 0 unspecified atom stereocenters.